The van der Waals surface area contributed by atoms with Crippen molar-refractivity contribution in [3.8, 4) is 16.9 Å². The number of ether oxygens (including phenoxy) is 1. The maximum Gasteiger partial charge on any atom is 0.352 e. The van der Waals surface area contributed by atoms with Gasteiger partial charge in [-0.1, -0.05) is 37.1 Å². The van der Waals surface area contributed by atoms with E-state index >= 15 is 0 Å². The summed E-state index contributed by atoms with van der Waals surface area (Å²) in [4.78, 5) is 14.7. The van der Waals surface area contributed by atoms with Crippen LogP contribution >= 0.6 is 12.8 Å². The summed E-state index contributed by atoms with van der Waals surface area (Å²) >= 11 is 4.05. The number of carboxylic acids is 1. The van der Waals surface area contributed by atoms with E-state index in [0.29, 0.717) is 17.9 Å². The number of benzene rings is 2. The van der Waals surface area contributed by atoms with Crippen LogP contribution in [0.3, 0.4) is 0 Å². The predicted molar refractivity (Wildman–Crippen MR) is 93.1 cm³/mol. The standard InChI is InChI=1S/C17H16N2O3S/c1-22-11-6-7-14-13(8-11)15(16(19-14)17(20)21)12-5-3-2-4-10(12)9-18-23/h2-8,18-19,23H,9H2,1H3,(H,20,21). The number of aromatic amines is 1. The fourth-order valence-corrected chi connectivity index (χ4v) is 2.91. The number of nitrogens with one attached hydrogen (secondary N) is 2. The highest BCUT2D eigenvalue weighted by Gasteiger charge is 2.20. The average molecular weight is 328 g/mol. The molecule has 0 atom stereocenters. The van der Waals surface area contributed by atoms with Gasteiger partial charge in [-0.05, 0) is 29.3 Å². The highest BCUT2D eigenvalue weighted by atomic mass is 32.1. The maximum atomic E-state index is 11.7. The Balaban J connectivity index is 2.34. The van der Waals surface area contributed by atoms with Crippen LogP contribution in [0.5, 0.6) is 5.75 Å². The number of H-pyrrole nitrogens is 1. The molecule has 0 bridgehead atoms. The summed E-state index contributed by atoms with van der Waals surface area (Å²) < 4.78 is 8.09. The first-order valence-corrected chi connectivity index (χ1v) is 7.48. The van der Waals surface area contributed by atoms with Crippen LogP contribution in [0.1, 0.15) is 16.1 Å². The molecule has 0 aliphatic carbocycles. The van der Waals surface area contributed by atoms with Crippen LogP contribution in [-0.2, 0) is 6.54 Å². The van der Waals surface area contributed by atoms with Crippen molar-refractivity contribution in [1.82, 2.24) is 9.71 Å². The Morgan fingerprint density at radius 2 is 2.09 bits per heavy atom. The Hall–Kier alpha value is -2.44. The summed E-state index contributed by atoms with van der Waals surface area (Å²) in [5, 5.41) is 10.4. The lowest BCUT2D eigenvalue weighted by atomic mass is 9.96. The molecular formula is C17H16N2O3S. The van der Waals surface area contributed by atoms with E-state index in [1.807, 2.05) is 36.4 Å². The molecule has 3 aromatic rings. The van der Waals surface area contributed by atoms with Crippen LogP contribution in [0, 0.1) is 0 Å². The first kappa shape index (κ1) is 15.5. The smallest absolute Gasteiger partial charge is 0.352 e. The third-order valence-electron chi connectivity index (χ3n) is 3.78. The molecule has 118 valence electrons. The number of methoxy groups -OCH3 is 1. The molecule has 3 rings (SSSR count). The first-order chi connectivity index (χ1) is 11.2. The van der Waals surface area contributed by atoms with Gasteiger partial charge in [0.25, 0.3) is 0 Å². The minimum Gasteiger partial charge on any atom is -0.497 e. The fourth-order valence-electron chi connectivity index (χ4n) is 2.74. The molecule has 23 heavy (non-hydrogen) atoms. The van der Waals surface area contributed by atoms with E-state index < -0.39 is 5.97 Å². The van der Waals surface area contributed by atoms with E-state index in [1.165, 1.54) is 0 Å². The molecule has 0 unspecified atom stereocenters. The minimum atomic E-state index is -0.996. The lowest BCUT2D eigenvalue weighted by Crippen LogP contribution is -2.03. The van der Waals surface area contributed by atoms with Crippen molar-refractivity contribution in [2.24, 2.45) is 0 Å². The Labute approximate surface area is 138 Å². The minimum absolute atomic E-state index is 0.167. The van der Waals surface area contributed by atoms with E-state index in [9.17, 15) is 9.90 Å². The Kier molecular flexibility index (Phi) is 4.27. The fraction of sp³-hybridized carbons (Fsp3) is 0.118. The third-order valence-corrected chi connectivity index (χ3v) is 3.93. The summed E-state index contributed by atoms with van der Waals surface area (Å²) in [6.45, 7) is 0.523. The predicted octanol–water partition coefficient (Wildman–Crippen LogP) is 3.48. The van der Waals surface area contributed by atoms with E-state index in [0.717, 1.165) is 22.0 Å². The molecule has 0 saturated carbocycles. The zero-order chi connectivity index (χ0) is 16.4. The van der Waals surface area contributed by atoms with Crippen molar-refractivity contribution in [1.29, 1.82) is 0 Å². The van der Waals surface area contributed by atoms with Crippen LogP contribution in [0.4, 0.5) is 0 Å². The summed E-state index contributed by atoms with van der Waals surface area (Å²) in [7, 11) is 1.59. The highest BCUT2D eigenvalue weighted by molar-refractivity contribution is 7.78. The third kappa shape index (κ3) is 2.78. The molecule has 3 N–H and O–H groups in total. The lowest BCUT2D eigenvalue weighted by Gasteiger charge is -2.10. The van der Waals surface area contributed by atoms with Gasteiger partial charge in [-0.15, -0.1) is 0 Å². The van der Waals surface area contributed by atoms with Crippen molar-refractivity contribution in [3.05, 3.63) is 53.7 Å². The van der Waals surface area contributed by atoms with Gasteiger partial charge in [0.2, 0.25) is 0 Å². The molecule has 0 saturated heterocycles. The number of hydrogen-bond acceptors (Lipinski definition) is 4. The van der Waals surface area contributed by atoms with Gasteiger partial charge in [0.1, 0.15) is 11.4 Å². The van der Waals surface area contributed by atoms with Gasteiger partial charge in [-0.3, -0.25) is 4.72 Å². The number of rotatable bonds is 5. The second-order valence-electron chi connectivity index (χ2n) is 5.08. The molecule has 6 heteroatoms. The van der Waals surface area contributed by atoms with E-state index in [4.69, 9.17) is 4.74 Å². The zero-order valence-electron chi connectivity index (χ0n) is 12.5. The first-order valence-electron chi connectivity index (χ1n) is 7.04. The molecule has 2 aromatic carbocycles. The number of thiol groups is 1. The topological polar surface area (TPSA) is 74.4 Å². The Morgan fingerprint density at radius 1 is 1.30 bits per heavy atom. The second-order valence-corrected chi connectivity index (χ2v) is 5.40. The summed E-state index contributed by atoms with van der Waals surface area (Å²) in [5.41, 5.74) is 3.40. The van der Waals surface area contributed by atoms with E-state index in [-0.39, 0.29) is 5.69 Å². The van der Waals surface area contributed by atoms with Crippen molar-refractivity contribution in [2.45, 2.75) is 6.54 Å². The zero-order valence-corrected chi connectivity index (χ0v) is 13.4. The molecule has 0 spiro atoms. The molecule has 0 radical (unpaired) electrons. The Morgan fingerprint density at radius 3 is 2.78 bits per heavy atom. The van der Waals surface area contributed by atoms with Gasteiger partial charge < -0.3 is 14.8 Å². The van der Waals surface area contributed by atoms with Gasteiger partial charge in [0, 0.05) is 23.0 Å². The van der Waals surface area contributed by atoms with Crippen molar-refractivity contribution in [2.75, 3.05) is 7.11 Å². The number of carboxylic acid groups (broad SMARTS) is 1. The number of hydrogen-bond donors (Lipinski definition) is 4. The van der Waals surface area contributed by atoms with Gasteiger partial charge in [-0.25, -0.2) is 4.79 Å². The van der Waals surface area contributed by atoms with Crippen molar-refractivity contribution >= 4 is 29.7 Å². The summed E-state index contributed by atoms with van der Waals surface area (Å²) in [6, 6.07) is 13.1. The number of aromatic carboxylic acids is 1. The summed E-state index contributed by atoms with van der Waals surface area (Å²) in [5.74, 6) is -0.316. The molecule has 5 nitrogen and oxygen atoms in total. The van der Waals surface area contributed by atoms with E-state index in [1.54, 1.807) is 13.2 Å². The monoisotopic (exact) mass is 328 g/mol. The van der Waals surface area contributed by atoms with Crippen LogP contribution in [-0.4, -0.2) is 23.2 Å². The van der Waals surface area contributed by atoms with Crippen LogP contribution < -0.4 is 9.46 Å². The van der Waals surface area contributed by atoms with Gasteiger partial charge in [0.15, 0.2) is 0 Å². The molecule has 0 amide bonds. The quantitative estimate of drug-likeness (QED) is 0.541. The number of fused-ring (bicyclic) bond motifs is 1. The molecule has 0 fully saturated rings. The molecule has 1 heterocycles. The van der Waals surface area contributed by atoms with Gasteiger partial charge in [-0.2, -0.15) is 0 Å². The lowest BCUT2D eigenvalue weighted by molar-refractivity contribution is 0.0692. The summed E-state index contributed by atoms with van der Waals surface area (Å²) in [6.07, 6.45) is 0. The largest absolute Gasteiger partial charge is 0.497 e. The highest BCUT2D eigenvalue weighted by Crippen LogP contribution is 2.36. The van der Waals surface area contributed by atoms with E-state index in [2.05, 4.69) is 22.5 Å². The van der Waals surface area contributed by atoms with Gasteiger partial charge >= 0.3 is 5.97 Å². The number of aromatic nitrogens is 1. The van der Waals surface area contributed by atoms with Crippen molar-refractivity contribution < 1.29 is 14.6 Å². The molecular weight excluding hydrogens is 312 g/mol. The molecule has 0 aliphatic rings. The van der Waals surface area contributed by atoms with Crippen LogP contribution in [0.25, 0.3) is 22.0 Å². The second kappa shape index (κ2) is 6.36. The van der Waals surface area contributed by atoms with Crippen molar-refractivity contribution in [3.63, 3.8) is 0 Å². The Bertz CT molecular complexity index is 873. The molecule has 1 aromatic heterocycles. The number of carbonyl (C=O) groups is 1. The maximum absolute atomic E-state index is 11.7. The van der Waals surface area contributed by atoms with Crippen LogP contribution in [0.15, 0.2) is 42.5 Å². The van der Waals surface area contributed by atoms with Gasteiger partial charge in [0.05, 0.1) is 7.11 Å². The normalized spacial score (nSPS) is 10.9. The van der Waals surface area contributed by atoms with Crippen LogP contribution in [0.2, 0.25) is 0 Å². The SMILES string of the molecule is COc1ccc2[nH]c(C(=O)O)c(-c3ccccc3CNS)c2c1. The average Bonchev–Trinajstić information content (AvgIpc) is 2.94. The molecule has 0 aliphatic heterocycles.